The van der Waals surface area contributed by atoms with Crippen molar-refractivity contribution in [3.8, 4) is 11.1 Å². The van der Waals surface area contributed by atoms with Gasteiger partial charge >= 0.3 is 0 Å². The molecule has 3 heterocycles. The molecule has 9 heteroatoms. The van der Waals surface area contributed by atoms with Gasteiger partial charge in [-0.05, 0) is 66.8 Å². The molecule has 1 amide bonds. The number of hydrogen-bond acceptors (Lipinski definition) is 6. The van der Waals surface area contributed by atoms with Crippen LogP contribution in [0, 0.1) is 5.82 Å². The first kappa shape index (κ1) is 29.1. The zero-order chi connectivity index (χ0) is 29.8. The van der Waals surface area contributed by atoms with Crippen molar-refractivity contribution in [1.82, 2.24) is 14.7 Å². The lowest BCUT2D eigenvalue weighted by molar-refractivity contribution is -0.127. The molecule has 2 N–H and O–H groups in total. The number of amidine groups is 1. The maximum absolute atomic E-state index is 15.6. The topological polar surface area (TPSA) is 106 Å². The van der Waals surface area contributed by atoms with Crippen molar-refractivity contribution in [3.63, 3.8) is 0 Å². The van der Waals surface area contributed by atoms with E-state index in [-0.39, 0.29) is 35.3 Å². The molecular weight excluding hydrogens is 531 g/mol. The molecule has 0 radical (unpaired) electrons. The normalized spacial score (nSPS) is 16.1. The van der Waals surface area contributed by atoms with Crippen molar-refractivity contribution in [2.45, 2.75) is 65.5 Å². The Hall–Kier alpha value is -4.40. The Kier molecular flexibility index (Phi) is 8.75. The molecule has 0 saturated heterocycles. The predicted octanol–water partition coefficient (Wildman–Crippen LogP) is 5.81. The predicted molar refractivity (Wildman–Crippen MR) is 168 cm³/mol. The summed E-state index contributed by atoms with van der Waals surface area (Å²) in [4.78, 5) is 37.4. The van der Waals surface area contributed by atoms with Crippen LogP contribution in [-0.4, -0.2) is 51.3 Å². The van der Waals surface area contributed by atoms with Crippen LogP contribution in [0.5, 0.6) is 0 Å². The maximum Gasteiger partial charge on any atom is 0.274 e. The molecule has 0 saturated carbocycles. The monoisotopic (exact) mass is 568 g/mol. The molecule has 0 fully saturated rings. The van der Waals surface area contributed by atoms with E-state index < -0.39 is 5.82 Å². The van der Waals surface area contributed by atoms with Crippen LogP contribution in [0.3, 0.4) is 0 Å². The van der Waals surface area contributed by atoms with Gasteiger partial charge < -0.3 is 10.6 Å². The Morgan fingerprint density at radius 2 is 1.88 bits per heavy atom. The van der Waals surface area contributed by atoms with Crippen LogP contribution < -0.4 is 11.3 Å². The lowest BCUT2D eigenvalue weighted by Crippen LogP contribution is -2.34. The third-order valence-corrected chi connectivity index (χ3v) is 7.54. The van der Waals surface area contributed by atoms with Crippen molar-refractivity contribution >= 4 is 40.0 Å². The first-order chi connectivity index (χ1) is 20.3. The zero-order valence-electron chi connectivity index (χ0n) is 24.4. The lowest BCUT2D eigenvalue weighted by Gasteiger charge is -2.22. The molecule has 218 valence electrons. The largest absolute Gasteiger partial charge is 0.387 e. The molecular formula is C33H37FN6O2. The van der Waals surface area contributed by atoms with E-state index in [2.05, 4.69) is 28.1 Å². The number of benzene rings is 2. The Morgan fingerprint density at radius 3 is 2.62 bits per heavy atom. The molecule has 0 spiro atoms. The Balaban J connectivity index is 1.45. The van der Waals surface area contributed by atoms with Crippen LogP contribution in [0.1, 0.15) is 58.4 Å². The van der Waals surface area contributed by atoms with Crippen LogP contribution in [0.4, 0.5) is 10.1 Å². The molecule has 2 aromatic carbocycles. The summed E-state index contributed by atoms with van der Waals surface area (Å²) in [6.07, 6.45) is 11.1. The molecule has 5 rings (SSSR count). The van der Waals surface area contributed by atoms with Crippen molar-refractivity contribution in [2.24, 2.45) is 15.7 Å². The third-order valence-electron chi connectivity index (χ3n) is 7.54. The number of carbonyl (C=O) groups excluding carboxylic acids is 1. The highest BCUT2D eigenvalue weighted by Crippen LogP contribution is 2.35. The fourth-order valence-corrected chi connectivity index (χ4v) is 5.52. The second-order valence-corrected chi connectivity index (χ2v) is 10.9. The van der Waals surface area contributed by atoms with Gasteiger partial charge in [-0.1, -0.05) is 39.3 Å². The minimum absolute atomic E-state index is 0.141. The van der Waals surface area contributed by atoms with E-state index in [0.29, 0.717) is 52.8 Å². The Labute approximate surface area is 245 Å². The summed E-state index contributed by atoms with van der Waals surface area (Å²) in [6.45, 7) is 7.74. The third kappa shape index (κ3) is 6.10. The van der Waals surface area contributed by atoms with Gasteiger partial charge in [-0.3, -0.25) is 14.6 Å². The minimum Gasteiger partial charge on any atom is -0.387 e. The van der Waals surface area contributed by atoms with E-state index in [4.69, 9.17) is 5.73 Å². The molecule has 2 aliphatic heterocycles. The van der Waals surface area contributed by atoms with Crippen molar-refractivity contribution in [2.75, 3.05) is 13.1 Å². The molecule has 0 bridgehead atoms. The van der Waals surface area contributed by atoms with Crippen molar-refractivity contribution in [1.29, 1.82) is 0 Å². The first-order valence-electron chi connectivity index (χ1n) is 14.7. The number of hydrogen-bond donors (Lipinski definition) is 1. The number of allylic oxidation sites excluding steroid dienone is 1. The van der Waals surface area contributed by atoms with Gasteiger partial charge in [0.2, 0.25) is 5.91 Å². The molecule has 8 nitrogen and oxygen atoms in total. The maximum atomic E-state index is 15.6. The van der Waals surface area contributed by atoms with Crippen LogP contribution in [0.15, 0.2) is 69.0 Å². The zero-order valence-corrected chi connectivity index (χ0v) is 24.4. The van der Waals surface area contributed by atoms with Gasteiger partial charge in [0.1, 0.15) is 11.7 Å². The SMILES string of the molecule is CCCC1C=CC(Cn2ncc3cc(-c4cc(F)c5c(c4)N=C(N)CC(C(=O)N(CCC)CCC)=C5)ccc3c2=O)=N1. The summed E-state index contributed by atoms with van der Waals surface area (Å²) in [5.74, 6) is -0.384. The summed E-state index contributed by atoms with van der Waals surface area (Å²) in [5.41, 5.74) is 9.17. The molecule has 0 aliphatic carbocycles. The van der Waals surface area contributed by atoms with Crippen LogP contribution in [0.2, 0.25) is 0 Å². The van der Waals surface area contributed by atoms with Gasteiger partial charge in [0.15, 0.2) is 0 Å². The number of halogens is 1. The van der Waals surface area contributed by atoms with E-state index in [1.165, 1.54) is 10.7 Å². The van der Waals surface area contributed by atoms with Gasteiger partial charge in [-0.15, -0.1) is 0 Å². The van der Waals surface area contributed by atoms with Crippen molar-refractivity contribution < 1.29 is 9.18 Å². The molecule has 1 aromatic heterocycles. The van der Waals surface area contributed by atoms with E-state index in [1.807, 2.05) is 26.0 Å². The number of fused-ring (bicyclic) bond motifs is 2. The number of carbonyl (C=O) groups is 1. The number of nitrogens with zero attached hydrogens (tertiary/aromatic N) is 5. The van der Waals surface area contributed by atoms with E-state index in [1.54, 1.807) is 35.4 Å². The average molecular weight is 569 g/mol. The number of rotatable bonds is 10. The fraction of sp³-hybridized carbons (Fsp3) is 0.364. The smallest absolute Gasteiger partial charge is 0.274 e. The quantitative estimate of drug-likeness (QED) is 0.333. The first-order valence-corrected chi connectivity index (χ1v) is 14.7. The molecule has 1 unspecified atom stereocenters. The van der Waals surface area contributed by atoms with E-state index >= 15 is 4.39 Å². The highest BCUT2D eigenvalue weighted by Gasteiger charge is 2.23. The van der Waals surface area contributed by atoms with Crippen LogP contribution in [0.25, 0.3) is 28.0 Å². The Bertz CT molecular complexity index is 1690. The van der Waals surface area contributed by atoms with E-state index in [0.717, 1.165) is 31.4 Å². The lowest BCUT2D eigenvalue weighted by atomic mass is 9.98. The van der Waals surface area contributed by atoms with E-state index in [9.17, 15) is 9.59 Å². The molecule has 42 heavy (non-hydrogen) atoms. The second kappa shape index (κ2) is 12.6. The summed E-state index contributed by atoms with van der Waals surface area (Å²) < 4.78 is 17.0. The molecule has 2 aliphatic rings. The summed E-state index contributed by atoms with van der Waals surface area (Å²) in [6, 6.07) is 8.72. The summed E-state index contributed by atoms with van der Waals surface area (Å²) in [7, 11) is 0. The van der Waals surface area contributed by atoms with Gasteiger partial charge in [0.25, 0.3) is 5.56 Å². The molecule has 1 atom stereocenters. The number of amides is 1. The highest BCUT2D eigenvalue weighted by molar-refractivity contribution is 6.05. The summed E-state index contributed by atoms with van der Waals surface area (Å²) >= 11 is 0. The van der Waals surface area contributed by atoms with Gasteiger partial charge in [0.05, 0.1) is 35.6 Å². The van der Waals surface area contributed by atoms with Gasteiger partial charge in [-0.2, -0.15) is 5.10 Å². The summed E-state index contributed by atoms with van der Waals surface area (Å²) in [5, 5.41) is 5.56. The van der Waals surface area contributed by atoms with Crippen molar-refractivity contribution in [3.05, 3.63) is 76.0 Å². The minimum atomic E-state index is -0.496. The Morgan fingerprint density at radius 1 is 1.10 bits per heavy atom. The number of aromatic nitrogens is 2. The number of aliphatic imine (C=N–C) groups is 2. The van der Waals surface area contributed by atoms with Crippen LogP contribution >= 0.6 is 0 Å². The van der Waals surface area contributed by atoms with Gasteiger partial charge in [0, 0.05) is 36.0 Å². The fourth-order valence-electron chi connectivity index (χ4n) is 5.52. The molecule has 3 aromatic rings. The van der Waals surface area contributed by atoms with Gasteiger partial charge in [-0.25, -0.2) is 14.1 Å². The number of nitrogens with two attached hydrogens (primary N) is 1. The second-order valence-electron chi connectivity index (χ2n) is 10.9. The van der Waals surface area contributed by atoms with Crippen LogP contribution in [-0.2, 0) is 11.3 Å². The standard InChI is InChI=1S/C33H37FN6O2/c1-4-7-25-9-10-26(37-25)20-40-33(42)27-11-8-21(14-24(27)19-36-40)22-16-29(34)28-15-23(18-31(35)38-30(28)17-22)32(41)39(12-5-2)13-6-3/h8-11,14-17,19,25H,4-7,12-13,18,20H2,1-3H3,(H2,35,38). The highest BCUT2D eigenvalue weighted by atomic mass is 19.1. The average Bonchev–Trinajstić information content (AvgIpc) is 3.33.